The maximum absolute atomic E-state index is 9.85. The van der Waals surface area contributed by atoms with E-state index in [2.05, 4.69) is 11.9 Å². The molecule has 0 bridgehead atoms. The highest BCUT2D eigenvalue weighted by Crippen LogP contribution is 2.23. The zero-order valence-corrected chi connectivity index (χ0v) is 14.9. The van der Waals surface area contributed by atoms with E-state index >= 15 is 0 Å². The molecule has 1 heterocycles. The van der Waals surface area contributed by atoms with Gasteiger partial charge in [-0.05, 0) is 30.0 Å². The van der Waals surface area contributed by atoms with Crippen LogP contribution in [0.4, 0.5) is 0 Å². The molecule has 0 aliphatic carbocycles. The van der Waals surface area contributed by atoms with Gasteiger partial charge in [0, 0.05) is 17.8 Å². The number of hydrogen-bond donors (Lipinski definition) is 1. The molecule has 1 aromatic carbocycles. The zero-order valence-electron chi connectivity index (χ0n) is 14.9. The minimum Gasteiger partial charge on any atom is -0.478 e. The van der Waals surface area contributed by atoms with E-state index < -0.39 is 0 Å². The third kappa shape index (κ3) is 5.64. The summed E-state index contributed by atoms with van der Waals surface area (Å²) in [5.41, 5.74) is 3.11. The fourth-order valence-corrected chi connectivity index (χ4v) is 2.65. The Morgan fingerprint density at radius 3 is 2.25 bits per heavy atom. The van der Waals surface area contributed by atoms with E-state index in [1.165, 1.54) is 25.7 Å². The molecule has 1 atom stereocenters. The van der Waals surface area contributed by atoms with E-state index in [0.717, 1.165) is 36.1 Å². The first-order valence-corrected chi connectivity index (χ1v) is 9.11. The fraction of sp³-hybridized carbons (Fsp3) is 0.476. The molecule has 3 nitrogen and oxygen atoms in total. The van der Waals surface area contributed by atoms with Crippen molar-refractivity contribution in [1.29, 1.82) is 0 Å². The van der Waals surface area contributed by atoms with E-state index in [1.54, 1.807) is 0 Å². The molecule has 0 aliphatic heterocycles. The number of benzene rings is 1. The minimum atomic E-state index is -0.384. The van der Waals surface area contributed by atoms with Crippen molar-refractivity contribution in [1.82, 2.24) is 4.98 Å². The van der Waals surface area contributed by atoms with Crippen LogP contribution in [-0.2, 0) is 0 Å². The maximum Gasteiger partial charge on any atom is 0.213 e. The Bertz CT molecular complexity index is 578. The van der Waals surface area contributed by atoms with Gasteiger partial charge in [-0.25, -0.2) is 4.98 Å². The SMILES string of the molecule is CCCCCCCOc1ccc(-c2ccc(C(O)CC)cc2)cn1. The van der Waals surface area contributed by atoms with Crippen molar-refractivity contribution in [3.8, 4) is 17.0 Å². The monoisotopic (exact) mass is 327 g/mol. The lowest BCUT2D eigenvalue weighted by Gasteiger charge is -2.09. The molecule has 1 unspecified atom stereocenters. The summed E-state index contributed by atoms with van der Waals surface area (Å²) in [6.07, 6.45) is 8.36. The summed E-state index contributed by atoms with van der Waals surface area (Å²) in [5, 5.41) is 9.85. The van der Waals surface area contributed by atoms with Crippen molar-refractivity contribution in [3.63, 3.8) is 0 Å². The first-order valence-electron chi connectivity index (χ1n) is 9.11. The molecule has 0 amide bonds. The van der Waals surface area contributed by atoms with Gasteiger partial charge in [0.1, 0.15) is 0 Å². The van der Waals surface area contributed by atoms with Gasteiger partial charge >= 0.3 is 0 Å². The summed E-state index contributed by atoms with van der Waals surface area (Å²) in [7, 11) is 0. The zero-order chi connectivity index (χ0) is 17.2. The standard InChI is InChI=1S/C21H29NO2/c1-3-5-6-7-8-15-24-21-14-13-19(16-22-21)17-9-11-18(12-10-17)20(23)4-2/h9-14,16,20,23H,3-8,15H2,1-2H3. The molecule has 1 N–H and O–H groups in total. The van der Waals surface area contributed by atoms with Gasteiger partial charge in [-0.15, -0.1) is 0 Å². The van der Waals surface area contributed by atoms with E-state index in [4.69, 9.17) is 4.74 Å². The lowest BCUT2D eigenvalue weighted by molar-refractivity contribution is 0.173. The Hall–Kier alpha value is -1.87. The molecule has 0 spiro atoms. The summed E-state index contributed by atoms with van der Waals surface area (Å²) in [5.74, 6) is 0.687. The molecule has 0 radical (unpaired) electrons. The third-order valence-corrected chi connectivity index (χ3v) is 4.25. The predicted molar refractivity (Wildman–Crippen MR) is 99.2 cm³/mol. The summed E-state index contributed by atoms with van der Waals surface area (Å²) < 4.78 is 5.70. The lowest BCUT2D eigenvalue weighted by Crippen LogP contribution is -1.99. The van der Waals surface area contributed by atoms with Crippen LogP contribution in [0.5, 0.6) is 5.88 Å². The van der Waals surface area contributed by atoms with Crippen molar-refractivity contribution >= 4 is 0 Å². The number of aliphatic hydroxyl groups is 1. The molecule has 0 aliphatic rings. The second kappa shape index (κ2) is 10.1. The van der Waals surface area contributed by atoms with Crippen LogP contribution in [0.3, 0.4) is 0 Å². The Kier molecular flexibility index (Phi) is 7.76. The number of rotatable bonds is 10. The van der Waals surface area contributed by atoms with Crippen LogP contribution in [-0.4, -0.2) is 16.7 Å². The third-order valence-electron chi connectivity index (χ3n) is 4.25. The number of pyridine rings is 1. The van der Waals surface area contributed by atoms with Crippen LogP contribution in [0.2, 0.25) is 0 Å². The average molecular weight is 327 g/mol. The molecule has 2 rings (SSSR count). The van der Waals surface area contributed by atoms with Crippen molar-refractivity contribution in [2.75, 3.05) is 6.61 Å². The van der Waals surface area contributed by atoms with Crippen LogP contribution in [0.1, 0.15) is 64.0 Å². The maximum atomic E-state index is 9.85. The molecule has 0 saturated carbocycles. The van der Waals surface area contributed by atoms with E-state index in [0.29, 0.717) is 5.88 Å². The van der Waals surface area contributed by atoms with Crippen molar-refractivity contribution in [2.24, 2.45) is 0 Å². The van der Waals surface area contributed by atoms with Crippen molar-refractivity contribution < 1.29 is 9.84 Å². The molecule has 24 heavy (non-hydrogen) atoms. The van der Waals surface area contributed by atoms with Crippen molar-refractivity contribution in [2.45, 2.75) is 58.5 Å². The van der Waals surface area contributed by atoms with Crippen LogP contribution >= 0.6 is 0 Å². The van der Waals surface area contributed by atoms with Crippen molar-refractivity contribution in [3.05, 3.63) is 48.2 Å². The Morgan fingerprint density at radius 1 is 0.917 bits per heavy atom. The van der Waals surface area contributed by atoms with Gasteiger partial charge in [0.15, 0.2) is 0 Å². The van der Waals surface area contributed by atoms with Crippen LogP contribution < -0.4 is 4.74 Å². The highest BCUT2D eigenvalue weighted by molar-refractivity contribution is 5.63. The number of aliphatic hydroxyl groups excluding tert-OH is 1. The largest absolute Gasteiger partial charge is 0.478 e. The summed E-state index contributed by atoms with van der Waals surface area (Å²) >= 11 is 0. The minimum absolute atomic E-state index is 0.384. The molecule has 2 aromatic rings. The molecular weight excluding hydrogens is 298 g/mol. The van der Waals surface area contributed by atoms with Gasteiger partial charge in [-0.2, -0.15) is 0 Å². The van der Waals surface area contributed by atoms with E-state index in [9.17, 15) is 5.11 Å². The van der Waals surface area contributed by atoms with E-state index in [1.807, 2.05) is 49.5 Å². The molecule has 3 heteroatoms. The Morgan fingerprint density at radius 2 is 1.62 bits per heavy atom. The molecule has 1 aromatic heterocycles. The molecule has 0 fully saturated rings. The Balaban J connectivity index is 1.85. The van der Waals surface area contributed by atoms with Gasteiger partial charge in [0.25, 0.3) is 0 Å². The number of aromatic nitrogens is 1. The number of hydrogen-bond acceptors (Lipinski definition) is 3. The summed E-state index contributed by atoms with van der Waals surface area (Å²) in [4.78, 5) is 4.39. The highest BCUT2D eigenvalue weighted by Gasteiger charge is 2.05. The van der Waals surface area contributed by atoms with Gasteiger partial charge in [0.2, 0.25) is 5.88 Å². The van der Waals surface area contributed by atoms with Gasteiger partial charge in [0.05, 0.1) is 12.7 Å². The normalized spacial score (nSPS) is 12.1. The molecule has 0 saturated heterocycles. The topological polar surface area (TPSA) is 42.4 Å². The quantitative estimate of drug-likeness (QED) is 0.582. The molecule has 130 valence electrons. The van der Waals surface area contributed by atoms with Gasteiger partial charge < -0.3 is 9.84 Å². The van der Waals surface area contributed by atoms with Gasteiger partial charge in [-0.3, -0.25) is 0 Å². The number of nitrogens with zero attached hydrogens (tertiary/aromatic N) is 1. The van der Waals surface area contributed by atoms with Crippen LogP contribution in [0.15, 0.2) is 42.6 Å². The lowest BCUT2D eigenvalue weighted by atomic mass is 10.0. The fourth-order valence-electron chi connectivity index (χ4n) is 2.65. The Labute approximate surface area is 145 Å². The summed E-state index contributed by atoms with van der Waals surface area (Å²) in [6.45, 7) is 4.94. The summed E-state index contributed by atoms with van der Waals surface area (Å²) in [6, 6.07) is 12.0. The van der Waals surface area contributed by atoms with Gasteiger partial charge in [-0.1, -0.05) is 63.8 Å². The molecular formula is C21H29NO2. The van der Waals surface area contributed by atoms with E-state index in [-0.39, 0.29) is 6.10 Å². The van der Waals surface area contributed by atoms with Crippen LogP contribution in [0, 0.1) is 0 Å². The number of ether oxygens (including phenoxy) is 1. The number of unbranched alkanes of at least 4 members (excludes halogenated alkanes) is 4. The highest BCUT2D eigenvalue weighted by atomic mass is 16.5. The first-order chi connectivity index (χ1) is 11.7. The second-order valence-electron chi connectivity index (χ2n) is 6.19. The second-order valence-corrected chi connectivity index (χ2v) is 6.19. The van der Waals surface area contributed by atoms with Crippen LogP contribution in [0.25, 0.3) is 11.1 Å². The smallest absolute Gasteiger partial charge is 0.213 e. The average Bonchev–Trinajstić information content (AvgIpc) is 2.64. The first kappa shape index (κ1) is 18.5. The predicted octanol–water partition coefficient (Wildman–Crippen LogP) is 5.54.